The minimum atomic E-state index is -0.518. The molecule has 2 aliphatic rings. The lowest BCUT2D eigenvalue weighted by Gasteiger charge is -2.34. The maximum atomic E-state index is 13.7. The monoisotopic (exact) mass is 381 g/mol. The molecule has 0 bridgehead atoms. The van der Waals surface area contributed by atoms with Crippen LogP contribution in [0.2, 0.25) is 0 Å². The number of aryl methyl sites for hydroxylation is 1. The van der Waals surface area contributed by atoms with E-state index >= 15 is 0 Å². The van der Waals surface area contributed by atoms with Gasteiger partial charge in [-0.15, -0.1) is 0 Å². The fourth-order valence-corrected chi connectivity index (χ4v) is 4.00. The first kappa shape index (κ1) is 18.6. The van der Waals surface area contributed by atoms with Crippen molar-refractivity contribution in [3.8, 4) is 0 Å². The molecule has 2 fully saturated rings. The Morgan fingerprint density at radius 3 is 2.68 bits per heavy atom. The molecular formula is C22H24FN3O2. The summed E-state index contributed by atoms with van der Waals surface area (Å²) in [6, 6.07) is 13.9. The summed E-state index contributed by atoms with van der Waals surface area (Å²) in [5.74, 6) is -0.341. The molecule has 6 heteroatoms. The molecule has 28 heavy (non-hydrogen) atoms. The summed E-state index contributed by atoms with van der Waals surface area (Å²) < 4.78 is 13.7. The maximum absolute atomic E-state index is 13.7. The third-order valence-corrected chi connectivity index (χ3v) is 5.62. The number of rotatable bonds is 5. The number of halogens is 1. The zero-order valence-corrected chi connectivity index (χ0v) is 15.8. The molecule has 146 valence electrons. The first-order chi connectivity index (χ1) is 13.5. The van der Waals surface area contributed by atoms with Gasteiger partial charge in [0, 0.05) is 25.6 Å². The Morgan fingerprint density at radius 2 is 1.93 bits per heavy atom. The van der Waals surface area contributed by atoms with Gasteiger partial charge >= 0.3 is 0 Å². The van der Waals surface area contributed by atoms with Gasteiger partial charge in [-0.3, -0.25) is 9.59 Å². The summed E-state index contributed by atoms with van der Waals surface area (Å²) in [6.07, 6.45) is 1.07. The molecule has 5 nitrogen and oxygen atoms in total. The van der Waals surface area contributed by atoms with E-state index in [0.29, 0.717) is 31.5 Å². The summed E-state index contributed by atoms with van der Waals surface area (Å²) in [5.41, 5.74) is 2.49. The highest BCUT2D eigenvalue weighted by molar-refractivity contribution is 5.97. The Bertz CT molecular complexity index is 887. The van der Waals surface area contributed by atoms with Crippen LogP contribution in [0.1, 0.15) is 23.1 Å². The van der Waals surface area contributed by atoms with E-state index < -0.39 is 12.1 Å². The number of benzene rings is 2. The molecule has 0 saturated carbocycles. The summed E-state index contributed by atoms with van der Waals surface area (Å²) in [5, 5.41) is 6.25. The van der Waals surface area contributed by atoms with Gasteiger partial charge in [0.25, 0.3) is 0 Å². The van der Waals surface area contributed by atoms with Crippen molar-refractivity contribution in [1.82, 2.24) is 15.5 Å². The Hall–Kier alpha value is -2.73. The lowest BCUT2D eigenvalue weighted by atomic mass is 10.0. The summed E-state index contributed by atoms with van der Waals surface area (Å²) in [6.45, 7) is 2.74. The van der Waals surface area contributed by atoms with E-state index in [0.717, 1.165) is 11.1 Å². The minimum Gasteiger partial charge on any atom is -0.342 e. The number of fused-ring (bicyclic) bond motifs is 1. The van der Waals surface area contributed by atoms with Crippen molar-refractivity contribution in [2.24, 2.45) is 0 Å². The Balaban J connectivity index is 1.39. The Kier molecular flexibility index (Phi) is 5.13. The van der Waals surface area contributed by atoms with E-state index in [9.17, 15) is 14.0 Å². The van der Waals surface area contributed by atoms with Gasteiger partial charge in [0.15, 0.2) is 0 Å². The molecule has 4 rings (SSSR count). The third-order valence-electron chi connectivity index (χ3n) is 5.62. The first-order valence-electron chi connectivity index (χ1n) is 9.64. The van der Waals surface area contributed by atoms with Crippen LogP contribution in [-0.4, -0.2) is 41.4 Å². The average molecular weight is 381 g/mol. The van der Waals surface area contributed by atoms with Crippen molar-refractivity contribution < 1.29 is 14.0 Å². The molecule has 2 heterocycles. The maximum Gasteiger partial charge on any atom is 0.246 e. The third kappa shape index (κ3) is 3.78. The molecule has 2 saturated heterocycles. The molecule has 0 radical (unpaired) electrons. The van der Waals surface area contributed by atoms with Crippen LogP contribution in [0, 0.1) is 12.7 Å². The summed E-state index contributed by atoms with van der Waals surface area (Å²) in [4.78, 5) is 27.1. The fourth-order valence-electron chi connectivity index (χ4n) is 4.00. The quantitative estimate of drug-likeness (QED) is 0.832. The van der Waals surface area contributed by atoms with Gasteiger partial charge in [-0.05, 0) is 36.1 Å². The van der Waals surface area contributed by atoms with Crippen molar-refractivity contribution in [3.05, 3.63) is 71.0 Å². The molecule has 0 spiro atoms. The number of nitrogens with one attached hydrogen (secondary N) is 2. The highest BCUT2D eigenvalue weighted by Gasteiger charge is 2.46. The number of carbonyl (C=O) groups is 2. The number of hydrogen-bond acceptors (Lipinski definition) is 3. The number of carbonyl (C=O) groups excluding carboxylic acids is 2. The first-order valence-corrected chi connectivity index (χ1v) is 9.64. The van der Waals surface area contributed by atoms with Crippen LogP contribution in [-0.2, 0) is 22.6 Å². The number of nitrogens with zero attached hydrogens (tertiary/aromatic N) is 1. The SMILES string of the molecule is Cc1ccc(CN[C@H]2C[C@H]3C(=O)N[C@H](Cc4ccccc4)C(=O)N3C2)cc1F. The zero-order chi connectivity index (χ0) is 19.7. The molecule has 2 N–H and O–H groups in total. The number of piperazine rings is 1. The van der Waals surface area contributed by atoms with Crippen molar-refractivity contribution in [3.63, 3.8) is 0 Å². The van der Waals surface area contributed by atoms with Crippen LogP contribution in [0.4, 0.5) is 4.39 Å². The lowest BCUT2D eigenvalue weighted by molar-refractivity contribution is -0.147. The Morgan fingerprint density at radius 1 is 1.14 bits per heavy atom. The lowest BCUT2D eigenvalue weighted by Crippen LogP contribution is -2.61. The molecule has 2 aromatic rings. The molecule has 2 amide bonds. The topological polar surface area (TPSA) is 61.4 Å². The van der Waals surface area contributed by atoms with Crippen molar-refractivity contribution >= 4 is 11.8 Å². The predicted molar refractivity (Wildman–Crippen MR) is 104 cm³/mol. The highest BCUT2D eigenvalue weighted by atomic mass is 19.1. The minimum absolute atomic E-state index is 0.0135. The van der Waals surface area contributed by atoms with Crippen LogP contribution in [0.15, 0.2) is 48.5 Å². The van der Waals surface area contributed by atoms with Crippen LogP contribution in [0.25, 0.3) is 0 Å². The van der Waals surface area contributed by atoms with Crippen LogP contribution in [0.5, 0.6) is 0 Å². The van der Waals surface area contributed by atoms with Crippen molar-refractivity contribution in [2.75, 3.05) is 6.54 Å². The Labute approximate surface area is 163 Å². The molecule has 2 aromatic carbocycles. The van der Waals surface area contributed by atoms with E-state index in [4.69, 9.17) is 0 Å². The van der Waals surface area contributed by atoms with E-state index in [-0.39, 0.29) is 23.7 Å². The van der Waals surface area contributed by atoms with Gasteiger partial charge in [-0.2, -0.15) is 0 Å². The van der Waals surface area contributed by atoms with E-state index in [2.05, 4.69) is 10.6 Å². The standard InChI is InChI=1S/C22H24FN3O2/c1-14-7-8-16(9-18(14)23)12-24-17-11-20-21(27)25-19(22(28)26(20)13-17)10-15-5-3-2-4-6-15/h2-9,17,19-20,24H,10-13H2,1H3,(H,25,27)/t17-,19+,20-/m0/s1. The predicted octanol–water partition coefficient (Wildman–Crippen LogP) is 1.93. The van der Waals surface area contributed by atoms with Gasteiger partial charge in [0.1, 0.15) is 17.9 Å². The average Bonchev–Trinajstić information content (AvgIpc) is 3.13. The van der Waals surface area contributed by atoms with Gasteiger partial charge in [0.05, 0.1) is 0 Å². The molecular weight excluding hydrogens is 357 g/mol. The van der Waals surface area contributed by atoms with Crippen molar-refractivity contribution in [2.45, 2.75) is 44.4 Å². The fraction of sp³-hybridized carbons (Fsp3) is 0.364. The number of amides is 2. The second kappa shape index (κ2) is 7.72. The molecule has 0 unspecified atom stereocenters. The highest BCUT2D eigenvalue weighted by Crippen LogP contribution is 2.24. The van der Waals surface area contributed by atoms with Crippen LogP contribution in [0.3, 0.4) is 0 Å². The zero-order valence-electron chi connectivity index (χ0n) is 15.8. The largest absolute Gasteiger partial charge is 0.342 e. The van der Waals surface area contributed by atoms with E-state index in [1.807, 2.05) is 36.4 Å². The van der Waals surface area contributed by atoms with Crippen LogP contribution >= 0.6 is 0 Å². The molecule has 0 aliphatic carbocycles. The van der Waals surface area contributed by atoms with Gasteiger partial charge < -0.3 is 15.5 Å². The number of hydrogen-bond donors (Lipinski definition) is 2. The van der Waals surface area contributed by atoms with Crippen LogP contribution < -0.4 is 10.6 Å². The van der Waals surface area contributed by atoms with E-state index in [1.165, 1.54) is 6.07 Å². The molecule has 2 aliphatic heterocycles. The van der Waals surface area contributed by atoms with Crippen molar-refractivity contribution in [1.29, 1.82) is 0 Å². The summed E-state index contributed by atoms with van der Waals surface area (Å²) in [7, 11) is 0. The van der Waals surface area contributed by atoms with Gasteiger partial charge in [-0.25, -0.2) is 4.39 Å². The van der Waals surface area contributed by atoms with E-state index in [1.54, 1.807) is 17.9 Å². The van der Waals surface area contributed by atoms with Gasteiger partial charge in [0.2, 0.25) is 11.8 Å². The smallest absolute Gasteiger partial charge is 0.246 e. The van der Waals surface area contributed by atoms with Gasteiger partial charge in [-0.1, -0.05) is 42.5 Å². The second-order valence-corrected chi connectivity index (χ2v) is 7.65. The summed E-state index contributed by atoms with van der Waals surface area (Å²) >= 11 is 0. The molecule has 3 atom stereocenters. The molecule has 0 aromatic heterocycles. The normalized spacial score (nSPS) is 24.2. The second-order valence-electron chi connectivity index (χ2n) is 7.65.